The van der Waals surface area contributed by atoms with Crippen LogP contribution in [-0.4, -0.2) is 35.5 Å². The molecule has 0 aliphatic carbocycles. The number of hydrogen-bond acceptors (Lipinski definition) is 2. The second kappa shape index (κ2) is 7.02. The molecule has 0 bridgehead atoms. The summed E-state index contributed by atoms with van der Waals surface area (Å²) in [5, 5.41) is 2.59. The van der Waals surface area contributed by atoms with E-state index in [1.165, 1.54) is 6.92 Å². The first-order chi connectivity index (χ1) is 10.8. The normalized spacial score (nSPS) is 18.6. The van der Waals surface area contributed by atoms with Crippen molar-refractivity contribution < 1.29 is 22.8 Å². The Morgan fingerprint density at radius 3 is 2.43 bits per heavy atom. The van der Waals surface area contributed by atoms with E-state index < -0.39 is 18.1 Å². The van der Waals surface area contributed by atoms with E-state index in [-0.39, 0.29) is 25.3 Å². The lowest BCUT2D eigenvalue weighted by Crippen LogP contribution is -2.51. The highest BCUT2D eigenvalue weighted by Crippen LogP contribution is 2.32. The maximum atomic E-state index is 13.0. The average Bonchev–Trinajstić information content (AvgIpc) is 2.48. The van der Waals surface area contributed by atoms with E-state index in [1.807, 2.05) is 0 Å². The minimum atomic E-state index is -4.38. The van der Waals surface area contributed by atoms with E-state index in [4.69, 9.17) is 0 Å². The van der Waals surface area contributed by atoms with Gasteiger partial charge in [-0.25, -0.2) is 0 Å². The molecule has 1 aliphatic heterocycles. The van der Waals surface area contributed by atoms with Gasteiger partial charge in [0.15, 0.2) is 0 Å². The van der Waals surface area contributed by atoms with Gasteiger partial charge >= 0.3 is 6.18 Å². The van der Waals surface area contributed by atoms with E-state index in [0.717, 1.165) is 4.90 Å². The Balaban J connectivity index is 2.03. The molecule has 7 heteroatoms. The molecule has 1 saturated heterocycles. The monoisotopic (exact) mass is 328 g/mol. The molecule has 1 N–H and O–H groups in total. The van der Waals surface area contributed by atoms with Crippen LogP contribution >= 0.6 is 0 Å². The summed E-state index contributed by atoms with van der Waals surface area (Å²) in [5.41, 5.74) is 1.20. The van der Waals surface area contributed by atoms with Crippen LogP contribution in [-0.2, 0) is 16.0 Å². The van der Waals surface area contributed by atoms with Crippen LogP contribution in [0.15, 0.2) is 24.3 Å². The number of likely N-dealkylation sites (tertiary alicyclic amines) is 1. The second-order valence-corrected chi connectivity index (χ2v) is 5.70. The van der Waals surface area contributed by atoms with Crippen LogP contribution in [0.5, 0.6) is 0 Å². The summed E-state index contributed by atoms with van der Waals surface area (Å²) in [5.74, 6) is -0.727. The van der Waals surface area contributed by atoms with E-state index in [2.05, 4.69) is 5.32 Å². The van der Waals surface area contributed by atoms with Crippen LogP contribution in [0.1, 0.15) is 31.7 Å². The van der Waals surface area contributed by atoms with Gasteiger partial charge in [-0.1, -0.05) is 12.1 Å². The number of alkyl halides is 3. The second-order valence-electron chi connectivity index (χ2n) is 5.70. The SMILES string of the molecule is CC(=O)Nc1ccc(CC(=O)N2CCCCC2C(F)(F)F)cc1. The van der Waals surface area contributed by atoms with Crippen molar-refractivity contribution in [3.8, 4) is 0 Å². The molecule has 1 unspecified atom stereocenters. The van der Waals surface area contributed by atoms with Gasteiger partial charge in [-0.3, -0.25) is 9.59 Å². The molecular formula is C16H19F3N2O2. The van der Waals surface area contributed by atoms with Crippen LogP contribution in [0.3, 0.4) is 0 Å². The zero-order valence-corrected chi connectivity index (χ0v) is 12.8. The van der Waals surface area contributed by atoms with Crippen LogP contribution in [0.2, 0.25) is 0 Å². The fraction of sp³-hybridized carbons (Fsp3) is 0.500. The van der Waals surface area contributed by atoms with Gasteiger partial charge in [0.1, 0.15) is 6.04 Å². The average molecular weight is 328 g/mol. The highest BCUT2D eigenvalue weighted by atomic mass is 19.4. The van der Waals surface area contributed by atoms with Crippen LogP contribution in [0, 0.1) is 0 Å². The molecule has 0 radical (unpaired) electrons. The third-order valence-electron chi connectivity index (χ3n) is 3.83. The predicted molar refractivity (Wildman–Crippen MR) is 79.9 cm³/mol. The van der Waals surface area contributed by atoms with Crippen LogP contribution in [0.4, 0.5) is 18.9 Å². The first-order valence-electron chi connectivity index (χ1n) is 7.50. The third kappa shape index (κ3) is 4.71. The molecule has 4 nitrogen and oxygen atoms in total. The molecule has 126 valence electrons. The largest absolute Gasteiger partial charge is 0.408 e. The quantitative estimate of drug-likeness (QED) is 0.927. The number of benzene rings is 1. The number of piperidine rings is 1. The molecule has 2 rings (SSSR count). The van der Waals surface area contributed by atoms with Gasteiger partial charge < -0.3 is 10.2 Å². The van der Waals surface area contributed by atoms with Gasteiger partial charge in [0, 0.05) is 19.2 Å². The van der Waals surface area contributed by atoms with Crippen molar-refractivity contribution in [2.24, 2.45) is 0 Å². The summed E-state index contributed by atoms with van der Waals surface area (Å²) in [6.07, 6.45) is -3.41. The number of nitrogens with one attached hydrogen (secondary N) is 1. The molecule has 0 aromatic heterocycles. The van der Waals surface area contributed by atoms with E-state index in [9.17, 15) is 22.8 Å². The maximum absolute atomic E-state index is 13.0. The van der Waals surface area contributed by atoms with Crippen molar-refractivity contribution in [3.63, 3.8) is 0 Å². The minimum absolute atomic E-state index is 0.0310. The molecule has 1 heterocycles. The Kier molecular flexibility index (Phi) is 5.28. The number of hydrogen-bond donors (Lipinski definition) is 1. The Labute approximate surface area is 132 Å². The Morgan fingerprint density at radius 1 is 1.22 bits per heavy atom. The summed E-state index contributed by atoms with van der Waals surface area (Å²) < 4.78 is 39.1. The number of amides is 2. The van der Waals surface area contributed by atoms with Crippen molar-refractivity contribution in [3.05, 3.63) is 29.8 Å². The van der Waals surface area contributed by atoms with E-state index in [1.54, 1.807) is 24.3 Å². The van der Waals surface area contributed by atoms with E-state index in [0.29, 0.717) is 24.1 Å². The number of carbonyl (C=O) groups excluding carboxylic acids is 2. The lowest BCUT2D eigenvalue weighted by Gasteiger charge is -2.36. The van der Waals surface area contributed by atoms with Crippen molar-refractivity contribution in [2.45, 2.75) is 44.8 Å². The summed E-state index contributed by atoms with van der Waals surface area (Å²) in [7, 11) is 0. The summed E-state index contributed by atoms with van der Waals surface area (Å²) >= 11 is 0. The standard InChI is InChI=1S/C16H19F3N2O2/c1-11(22)20-13-7-5-12(6-8-13)10-15(23)21-9-3-2-4-14(21)16(17,18)19/h5-8,14H,2-4,9-10H2,1H3,(H,20,22). The predicted octanol–water partition coefficient (Wildman–Crippen LogP) is 3.13. The van der Waals surface area contributed by atoms with Crippen molar-refractivity contribution >= 4 is 17.5 Å². The first-order valence-corrected chi connectivity index (χ1v) is 7.50. The lowest BCUT2D eigenvalue weighted by atomic mass is 10.0. The number of rotatable bonds is 3. The van der Waals surface area contributed by atoms with E-state index >= 15 is 0 Å². The molecule has 1 fully saturated rings. The molecule has 1 aliphatic rings. The number of carbonyl (C=O) groups is 2. The number of halogens is 3. The van der Waals surface area contributed by atoms with Gasteiger partial charge in [0.05, 0.1) is 6.42 Å². The van der Waals surface area contributed by atoms with Crippen molar-refractivity contribution in [1.29, 1.82) is 0 Å². The highest BCUT2D eigenvalue weighted by molar-refractivity contribution is 5.88. The minimum Gasteiger partial charge on any atom is -0.330 e. The maximum Gasteiger partial charge on any atom is 0.408 e. The number of nitrogens with zero attached hydrogens (tertiary/aromatic N) is 1. The fourth-order valence-corrected chi connectivity index (χ4v) is 2.76. The van der Waals surface area contributed by atoms with Gasteiger partial charge in [-0.05, 0) is 37.0 Å². The first kappa shape index (κ1) is 17.3. The molecule has 2 amide bonds. The van der Waals surface area contributed by atoms with Crippen molar-refractivity contribution in [1.82, 2.24) is 4.90 Å². The zero-order chi connectivity index (χ0) is 17.0. The summed E-state index contributed by atoms with van der Waals surface area (Å²) in [6, 6.07) is 4.84. The van der Waals surface area contributed by atoms with Gasteiger partial charge in [-0.15, -0.1) is 0 Å². The Hall–Kier alpha value is -2.05. The van der Waals surface area contributed by atoms with Gasteiger partial charge in [0.2, 0.25) is 11.8 Å². The molecule has 23 heavy (non-hydrogen) atoms. The van der Waals surface area contributed by atoms with Gasteiger partial charge in [0.25, 0.3) is 0 Å². The topological polar surface area (TPSA) is 49.4 Å². The molecule has 1 aromatic rings. The van der Waals surface area contributed by atoms with Gasteiger partial charge in [-0.2, -0.15) is 13.2 Å². The van der Waals surface area contributed by atoms with Crippen molar-refractivity contribution in [2.75, 3.05) is 11.9 Å². The fourth-order valence-electron chi connectivity index (χ4n) is 2.76. The smallest absolute Gasteiger partial charge is 0.330 e. The summed E-state index contributed by atoms with van der Waals surface area (Å²) in [4.78, 5) is 24.1. The molecule has 1 aromatic carbocycles. The molecule has 0 saturated carbocycles. The Bertz CT molecular complexity index is 570. The lowest BCUT2D eigenvalue weighted by molar-refractivity contribution is -0.195. The molecular weight excluding hydrogens is 309 g/mol. The molecule has 0 spiro atoms. The van der Waals surface area contributed by atoms with Crippen LogP contribution < -0.4 is 5.32 Å². The zero-order valence-electron chi connectivity index (χ0n) is 12.8. The Morgan fingerprint density at radius 2 is 1.87 bits per heavy atom. The molecule has 1 atom stereocenters. The highest BCUT2D eigenvalue weighted by Gasteiger charge is 2.46. The summed E-state index contributed by atoms with van der Waals surface area (Å²) in [6.45, 7) is 1.53. The number of anilines is 1. The van der Waals surface area contributed by atoms with Crippen LogP contribution in [0.25, 0.3) is 0 Å². The third-order valence-corrected chi connectivity index (χ3v) is 3.83.